The van der Waals surface area contributed by atoms with E-state index in [-0.39, 0.29) is 31.9 Å². The summed E-state index contributed by atoms with van der Waals surface area (Å²) >= 11 is 12.5. The summed E-state index contributed by atoms with van der Waals surface area (Å²) in [6, 6.07) is 16.0. The first-order chi connectivity index (χ1) is 17.1. The maximum absolute atomic E-state index is 13.2. The minimum Gasteiger partial charge on any atom is -0.392 e. The van der Waals surface area contributed by atoms with E-state index >= 15 is 0 Å². The lowest BCUT2D eigenvalue weighted by Crippen LogP contribution is -2.28. The normalized spacial score (nSPS) is 10.8. The minimum atomic E-state index is -0.335. The third-order valence-corrected chi connectivity index (χ3v) is 5.99. The van der Waals surface area contributed by atoms with Crippen LogP contribution in [0.1, 0.15) is 22.5 Å². The SMILES string of the molecule is O=c1cc(NNc2ccccc2Cl)c(CO)c(COCc2ccccc2Cl)n1Cc1cnccn1. The van der Waals surface area contributed by atoms with Gasteiger partial charge in [-0.2, -0.15) is 0 Å². The lowest BCUT2D eigenvalue weighted by molar-refractivity contribution is 0.0998. The number of rotatable bonds is 10. The molecule has 0 saturated heterocycles. The maximum Gasteiger partial charge on any atom is 0.253 e. The Morgan fingerprint density at radius 3 is 2.40 bits per heavy atom. The van der Waals surface area contributed by atoms with Crippen LogP contribution >= 0.6 is 23.2 Å². The highest BCUT2D eigenvalue weighted by atomic mass is 35.5. The first-order valence-electron chi connectivity index (χ1n) is 10.8. The van der Waals surface area contributed by atoms with Crippen molar-refractivity contribution in [2.24, 2.45) is 0 Å². The molecule has 0 bridgehead atoms. The average Bonchev–Trinajstić information content (AvgIpc) is 2.87. The second kappa shape index (κ2) is 11.8. The zero-order valence-corrected chi connectivity index (χ0v) is 20.1. The number of para-hydroxylation sites is 1. The number of hydrazine groups is 1. The van der Waals surface area contributed by atoms with Gasteiger partial charge in [-0.15, -0.1) is 0 Å². The van der Waals surface area contributed by atoms with E-state index in [1.54, 1.807) is 36.8 Å². The number of nitrogens with zero attached hydrogens (tertiary/aromatic N) is 3. The van der Waals surface area contributed by atoms with Crippen molar-refractivity contribution in [3.05, 3.63) is 116 Å². The number of aliphatic hydroxyl groups is 1. The van der Waals surface area contributed by atoms with Crippen molar-refractivity contribution in [1.29, 1.82) is 0 Å². The number of aromatic nitrogens is 3. The monoisotopic (exact) mass is 511 g/mol. The Hall–Kier alpha value is -3.43. The number of nitrogens with one attached hydrogen (secondary N) is 2. The van der Waals surface area contributed by atoms with Crippen molar-refractivity contribution in [3.63, 3.8) is 0 Å². The van der Waals surface area contributed by atoms with E-state index in [0.29, 0.717) is 38.4 Å². The number of ether oxygens (including phenoxy) is 1. The Balaban J connectivity index is 1.66. The fourth-order valence-electron chi connectivity index (χ4n) is 3.51. The Kier molecular flexibility index (Phi) is 8.33. The molecule has 8 nitrogen and oxygen atoms in total. The molecule has 0 atom stereocenters. The van der Waals surface area contributed by atoms with Crippen molar-refractivity contribution in [3.8, 4) is 0 Å². The molecule has 2 aromatic heterocycles. The molecule has 0 aliphatic heterocycles. The van der Waals surface area contributed by atoms with E-state index in [4.69, 9.17) is 27.9 Å². The van der Waals surface area contributed by atoms with Crippen molar-refractivity contribution < 1.29 is 9.84 Å². The summed E-state index contributed by atoms with van der Waals surface area (Å²) in [7, 11) is 0. The molecule has 0 fully saturated rings. The summed E-state index contributed by atoms with van der Waals surface area (Å²) in [5, 5.41) is 11.4. The van der Waals surface area contributed by atoms with Gasteiger partial charge in [-0.05, 0) is 23.8 Å². The molecule has 2 aromatic carbocycles. The lowest BCUT2D eigenvalue weighted by Gasteiger charge is -2.21. The number of hydrogen-bond donors (Lipinski definition) is 3. The van der Waals surface area contributed by atoms with Gasteiger partial charge in [0.15, 0.2) is 0 Å². The van der Waals surface area contributed by atoms with Gasteiger partial charge in [0.25, 0.3) is 5.56 Å². The summed E-state index contributed by atoms with van der Waals surface area (Å²) in [5.74, 6) is 0. The van der Waals surface area contributed by atoms with Crippen LogP contribution in [0.5, 0.6) is 0 Å². The van der Waals surface area contributed by atoms with Crippen LogP contribution in [0.3, 0.4) is 0 Å². The third kappa shape index (κ3) is 6.17. The third-order valence-electron chi connectivity index (χ3n) is 5.29. The Labute approximate surface area is 212 Å². The zero-order chi connectivity index (χ0) is 24.6. The molecule has 0 radical (unpaired) electrons. The molecule has 0 unspecified atom stereocenters. The van der Waals surface area contributed by atoms with Gasteiger partial charge in [0.2, 0.25) is 0 Å². The summed E-state index contributed by atoms with van der Waals surface area (Å²) < 4.78 is 7.46. The van der Waals surface area contributed by atoms with Crippen LogP contribution < -0.4 is 16.4 Å². The van der Waals surface area contributed by atoms with Gasteiger partial charge in [0.1, 0.15) is 0 Å². The zero-order valence-electron chi connectivity index (χ0n) is 18.6. The highest BCUT2D eigenvalue weighted by Gasteiger charge is 2.17. The van der Waals surface area contributed by atoms with Gasteiger partial charge < -0.3 is 19.8 Å². The molecule has 2 heterocycles. The predicted octanol–water partition coefficient (Wildman–Crippen LogP) is 4.64. The summed E-state index contributed by atoms with van der Waals surface area (Å²) in [5.41, 5.74) is 9.13. The topological polar surface area (TPSA) is 101 Å². The van der Waals surface area contributed by atoms with E-state index in [9.17, 15) is 9.90 Å². The molecule has 3 N–H and O–H groups in total. The Morgan fingerprint density at radius 1 is 0.943 bits per heavy atom. The molecular weight excluding hydrogens is 489 g/mol. The van der Waals surface area contributed by atoms with Gasteiger partial charge in [-0.1, -0.05) is 53.5 Å². The molecule has 0 aliphatic carbocycles. The molecule has 0 spiro atoms. The first-order valence-corrected chi connectivity index (χ1v) is 11.5. The van der Waals surface area contributed by atoms with Gasteiger partial charge in [0, 0.05) is 29.0 Å². The molecular formula is C25H23Cl2N5O3. The minimum absolute atomic E-state index is 0.0538. The van der Waals surface area contributed by atoms with Gasteiger partial charge in [-0.3, -0.25) is 20.2 Å². The Morgan fingerprint density at radius 2 is 1.69 bits per heavy atom. The van der Waals surface area contributed by atoms with Gasteiger partial charge in [-0.25, -0.2) is 0 Å². The van der Waals surface area contributed by atoms with E-state index in [1.807, 2.05) is 30.3 Å². The molecule has 0 aliphatic rings. The van der Waals surface area contributed by atoms with Crippen LogP contribution in [0.25, 0.3) is 0 Å². The Bertz CT molecular complexity index is 1350. The summed E-state index contributed by atoms with van der Waals surface area (Å²) in [4.78, 5) is 21.5. The molecule has 4 rings (SSSR count). The lowest BCUT2D eigenvalue weighted by atomic mass is 10.1. The van der Waals surface area contributed by atoms with Crippen LogP contribution in [-0.4, -0.2) is 19.6 Å². The fraction of sp³-hybridized carbons (Fsp3) is 0.160. The van der Waals surface area contributed by atoms with Crippen LogP contribution in [0, 0.1) is 0 Å². The average molecular weight is 512 g/mol. The predicted molar refractivity (Wildman–Crippen MR) is 136 cm³/mol. The second-order valence-electron chi connectivity index (χ2n) is 7.58. The molecule has 35 heavy (non-hydrogen) atoms. The van der Waals surface area contributed by atoms with Gasteiger partial charge in [0.05, 0.1) is 60.3 Å². The van der Waals surface area contributed by atoms with E-state index in [2.05, 4.69) is 20.8 Å². The molecule has 0 amide bonds. The van der Waals surface area contributed by atoms with Crippen LogP contribution in [0.4, 0.5) is 11.4 Å². The van der Waals surface area contributed by atoms with Crippen molar-refractivity contribution in [2.75, 3.05) is 10.9 Å². The van der Waals surface area contributed by atoms with Crippen LogP contribution in [-0.2, 0) is 31.1 Å². The number of aliphatic hydroxyl groups excluding tert-OH is 1. The van der Waals surface area contributed by atoms with Crippen molar-refractivity contribution in [2.45, 2.75) is 26.4 Å². The molecule has 4 aromatic rings. The van der Waals surface area contributed by atoms with Crippen LogP contribution in [0.2, 0.25) is 10.0 Å². The second-order valence-corrected chi connectivity index (χ2v) is 8.39. The van der Waals surface area contributed by atoms with Crippen molar-refractivity contribution in [1.82, 2.24) is 14.5 Å². The van der Waals surface area contributed by atoms with E-state index in [1.165, 1.54) is 10.6 Å². The summed E-state index contributed by atoms with van der Waals surface area (Å²) in [6.07, 6.45) is 4.71. The number of benzene rings is 2. The van der Waals surface area contributed by atoms with Crippen LogP contribution in [0.15, 0.2) is 78.0 Å². The number of halogens is 2. The highest BCUT2D eigenvalue weighted by Crippen LogP contribution is 2.24. The smallest absolute Gasteiger partial charge is 0.253 e. The van der Waals surface area contributed by atoms with E-state index < -0.39 is 0 Å². The highest BCUT2D eigenvalue weighted by molar-refractivity contribution is 6.33. The number of pyridine rings is 1. The number of hydrogen-bond acceptors (Lipinski definition) is 7. The first kappa shape index (κ1) is 24.7. The van der Waals surface area contributed by atoms with Crippen molar-refractivity contribution >= 4 is 34.6 Å². The fourth-order valence-corrected chi connectivity index (χ4v) is 3.88. The maximum atomic E-state index is 13.2. The molecule has 10 heteroatoms. The van der Waals surface area contributed by atoms with Gasteiger partial charge >= 0.3 is 0 Å². The van der Waals surface area contributed by atoms with E-state index in [0.717, 1.165) is 5.56 Å². The largest absolute Gasteiger partial charge is 0.392 e. The molecule has 180 valence electrons. The molecule has 0 saturated carbocycles. The standard InChI is InChI=1S/C25H23Cl2N5O3/c26-20-6-2-1-5-17(20)15-35-16-24-19(14-33)23(31-30-22-8-4-3-7-21(22)27)11-25(34)32(24)13-18-12-28-9-10-29-18/h1-12,30-31,33H,13-16H2. The number of anilines is 2. The quantitative estimate of drug-likeness (QED) is 0.266. The summed E-state index contributed by atoms with van der Waals surface area (Å²) in [6.45, 7) is 0.123.